The normalized spacial score (nSPS) is 11.1. The van der Waals surface area contributed by atoms with Crippen molar-refractivity contribution in [1.29, 1.82) is 0 Å². The molecule has 33 heavy (non-hydrogen) atoms. The molecule has 2 aromatic heterocycles. The maximum Gasteiger partial charge on any atom is 0.268 e. The second kappa shape index (κ2) is 10.9. The number of nitrogens with zero attached hydrogens (tertiary/aromatic N) is 3. The lowest BCUT2D eigenvalue weighted by atomic mass is 10.2. The second-order valence-electron chi connectivity index (χ2n) is 7.35. The zero-order chi connectivity index (χ0) is 22.9. The number of hydrogen-bond acceptors (Lipinski definition) is 6. The lowest BCUT2D eigenvalue weighted by molar-refractivity contribution is 0.329. The van der Waals surface area contributed by atoms with E-state index in [0.717, 1.165) is 17.1 Å². The van der Waals surface area contributed by atoms with Crippen LogP contribution in [0.2, 0.25) is 0 Å². The summed E-state index contributed by atoms with van der Waals surface area (Å²) in [6.45, 7) is 3.68. The van der Waals surface area contributed by atoms with E-state index in [9.17, 15) is 4.79 Å². The zero-order valence-electron chi connectivity index (χ0n) is 18.5. The molecule has 1 N–H and O–H groups in total. The van der Waals surface area contributed by atoms with Gasteiger partial charge in [0.2, 0.25) is 0 Å². The van der Waals surface area contributed by atoms with Crippen molar-refractivity contribution in [3.63, 3.8) is 0 Å². The van der Waals surface area contributed by atoms with E-state index < -0.39 is 0 Å². The minimum absolute atomic E-state index is 0.178. The van der Waals surface area contributed by atoms with Crippen LogP contribution in [0.5, 0.6) is 11.5 Å². The Balaban J connectivity index is 1.47. The molecular formula is C26H26N4O3. The summed E-state index contributed by atoms with van der Waals surface area (Å²) in [7, 11) is 0. The molecule has 2 aromatic carbocycles. The quantitative estimate of drug-likeness (QED) is 0.297. The number of para-hydroxylation sites is 2. The van der Waals surface area contributed by atoms with Crippen molar-refractivity contribution in [2.75, 3.05) is 31.6 Å². The Morgan fingerprint density at radius 3 is 2.30 bits per heavy atom. The Morgan fingerprint density at radius 2 is 1.61 bits per heavy atom. The number of nitrogens with one attached hydrogen (secondary N) is 1. The first-order valence-electron chi connectivity index (χ1n) is 10.8. The minimum atomic E-state index is -0.178. The van der Waals surface area contributed by atoms with Crippen LogP contribution in [-0.2, 0) is 0 Å². The molecule has 0 saturated carbocycles. The summed E-state index contributed by atoms with van der Waals surface area (Å²) in [6, 6.07) is 22.9. The van der Waals surface area contributed by atoms with E-state index in [0.29, 0.717) is 43.3 Å². The number of aromatic nitrogens is 2. The maximum absolute atomic E-state index is 13.2. The summed E-state index contributed by atoms with van der Waals surface area (Å²) >= 11 is 0. The Kier molecular flexibility index (Phi) is 7.33. The lowest BCUT2D eigenvalue weighted by Crippen LogP contribution is -2.24. The summed E-state index contributed by atoms with van der Waals surface area (Å²) in [5, 5.41) is 3.24. The van der Waals surface area contributed by atoms with Gasteiger partial charge in [-0.2, -0.15) is 0 Å². The Labute approximate surface area is 192 Å². The van der Waals surface area contributed by atoms with Crippen LogP contribution in [0.15, 0.2) is 88.8 Å². The molecule has 0 bridgehead atoms. The zero-order valence-corrected chi connectivity index (χ0v) is 18.5. The fraction of sp³-hybridized carbons (Fsp3) is 0.192. The first-order chi connectivity index (χ1) is 16.2. The highest BCUT2D eigenvalue weighted by molar-refractivity contribution is 5.86. The molecule has 4 rings (SSSR count). The molecule has 7 nitrogen and oxygen atoms in total. The molecule has 0 saturated heterocycles. The molecule has 0 aliphatic heterocycles. The smallest absolute Gasteiger partial charge is 0.268 e. The van der Waals surface area contributed by atoms with Crippen LogP contribution >= 0.6 is 0 Å². The fourth-order valence-corrected chi connectivity index (χ4v) is 3.31. The fourth-order valence-electron chi connectivity index (χ4n) is 3.31. The molecule has 168 valence electrons. The van der Waals surface area contributed by atoms with Crippen LogP contribution in [-0.4, -0.2) is 41.9 Å². The molecule has 0 aliphatic carbocycles. The molecule has 2 heterocycles. The lowest BCUT2D eigenvalue weighted by Gasteiger charge is -2.12. The Hall–Kier alpha value is -4.13. The highest BCUT2D eigenvalue weighted by Crippen LogP contribution is 2.13. The molecule has 0 spiro atoms. The predicted molar refractivity (Wildman–Crippen MR) is 131 cm³/mol. The van der Waals surface area contributed by atoms with Crippen LogP contribution in [0.3, 0.4) is 0 Å². The number of benzene rings is 2. The standard InChI is InChI=1S/C26H26N4O3/c1-20-9-8-16-30-25(20)29-24(28-15-18-33-22-12-6-3-7-13-22)23(26(30)31)19-27-14-17-32-21-10-4-2-5-11-21/h2-13,16,19,28H,14-15,17-18H2,1H3. The van der Waals surface area contributed by atoms with Gasteiger partial charge >= 0.3 is 0 Å². The number of anilines is 1. The van der Waals surface area contributed by atoms with E-state index >= 15 is 0 Å². The van der Waals surface area contributed by atoms with Crippen LogP contribution in [0, 0.1) is 6.92 Å². The van der Waals surface area contributed by atoms with Gasteiger partial charge in [-0.05, 0) is 42.8 Å². The monoisotopic (exact) mass is 442 g/mol. The number of aryl methyl sites for hydroxylation is 1. The highest BCUT2D eigenvalue weighted by Gasteiger charge is 2.12. The van der Waals surface area contributed by atoms with Crippen LogP contribution in [0.4, 0.5) is 5.82 Å². The van der Waals surface area contributed by atoms with Crippen molar-refractivity contribution in [1.82, 2.24) is 9.38 Å². The van der Waals surface area contributed by atoms with Gasteiger partial charge in [-0.3, -0.25) is 14.2 Å². The topological polar surface area (TPSA) is 77.2 Å². The Morgan fingerprint density at radius 1 is 0.939 bits per heavy atom. The van der Waals surface area contributed by atoms with Gasteiger partial charge in [-0.25, -0.2) is 4.98 Å². The molecular weight excluding hydrogens is 416 g/mol. The van der Waals surface area contributed by atoms with Gasteiger partial charge in [0, 0.05) is 12.4 Å². The second-order valence-corrected chi connectivity index (χ2v) is 7.35. The summed E-state index contributed by atoms with van der Waals surface area (Å²) in [6.07, 6.45) is 3.29. The highest BCUT2D eigenvalue weighted by atomic mass is 16.5. The third-order valence-electron chi connectivity index (χ3n) is 4.94. The van der Waals surface area contributed by atoms with E-state index in [1.807, 2.05) is 79.7 Å². The number of aliphatic imine (C=N–C) groups is 1. The molecule has 0 amide bonds. The summed E-state index contributed by atoms with van der Waals surface area (Å²) in [5.41, 5.74) is 1.75. The third-order valence-corrected chi connectivity index (χ3v) is 4.94. The van der Waals surface area contributed by atoms with Crippen molar-refractivity contribution in [2.45, 2.75) is 6.92 Å². The van der Waals surface area contributed by atoms with Gasteiger partial charge in [0.25, 0.3) is 5.56 Å². The number of hydrogen-bond donors (Lipinski definition) is 1. The first-order valence-corrected chi connectivity index (χ1v) is 10.8. The van der Waals surface area contributed by atoms with Crippen molar-refractivity contribution >= 4 is 17.7 Å². The van der Waals surface area contributed by atoms with E-state index in [4.69, 9.17) is 14.5 Å². The summed E-state index contributed by atoms with van der Waals surface area (Å²) in [4.78, 5) is 22.3. The maximum atomic E-state index is 13.2. The van der Waals surface area contributed by atoms with E-state index in [-0.39, 0.29) is 5.56 Å². The van der Waals surface area contributed by atoms with Gasteiger partial charge in [0.15, 0.2) is 0 Å². The number of rotatable bonds is 10. The van der Waals surface area contributed by atoms with Crippen LogP contribution < -0.4 is 20.3 Å². The average molecular weight is 443 g/mol. The van der Waals surface area contributed by atoms with Gasteiger partial charge < -0.3 is 14.8 Å². The van der Waals surface area contributed by atoms with Gasteiger partial charge in [0.05, 0.1) is 13.1 Å². The molecule has 0 radical (unpaired) electrons. The summed E-state index contributed by atoms with van der Waals surface area (Å²) in [5.74, 6) is 2.07. The van der Waals surface area contributed by atoms with E-state index in [2.05, 4.69) is 10.3 Å². The van der Waals surface area contributed by atoms with Gasteiger partial charge in [-0.15, -0.1) is 0 Å². The van der Waals surface area contributed by atoms with Gasteiger partial charge in [-0.1, -0.05) is 42.5 Å². The van der Waals surface area contributed by atoms with Crippen molar-refractivity contribution in [3.8, 4) is 11.5 Å². The summed E-state index contributed by atoms with van der Waals surface area (Å²) < 4.78 is 13.0. The number of ether oxygens (including phenoxy) is 2. The molecule has 7 heteroatoms. The molecule has 0 aliphatic rings. The Bertz CT molecular complexity index is 1270. The minimum Gasteiger partial charge on any atom is -0.492 e. The van der Waals surface area contributed by atoms with Crippen LogP contribution in [0.25, 0.3) is 5.65 Å². The molecule has 0 fully saturated rings. The molecule has 0 unspecified atom stereocenters. The van der Waals surface area contributed by atoms with Gasteiger partial charge in [0.1, 0.15) is 41.7 Å². The SMILES string of the molecule is Cc1cccn2c(=O)c(C=NCCOc3ccccc3)c(NCCOc3ccccc3)nc12. The van der Waals surface area contributed by atoms with E-state index in [1.54, 1.807) is 16.8 Å². The van der Waals surface area contributed by atoms with Crippen molar-refractivity contribution < 1.29 is 9.47 Å². The van der Waals surface area contributed by atoms with E-state index in [1.165, 1.54) is 0 Å². The number of fused-ring (bicyclic) bond motifs is 1. The van der Waals surface area contributed by atoms with Crippen molar-refractivity contribution in [2.24, 2.45) is 4.99 Å². The van der Waals surface area contributed by atoms with Crippen molar-refractivity contribution in [3.05, 3.63) is 100 Å². The molecule has 4 aromatic rings. The largest absolute Gasteiger partial charge is 0.492 e. The third kappa shape index (κ3) is 5.77. The molecule has 0 atom stereocenters. The first kappa shape index (κ1) is 22.1. The van der Waals surface area contributed by atoms with Crippen LogP contribution in [0.1, 0.15) is 11.1 Å². The predicted octanol–water partition coefficient (Wildman–Crippen LogP) is 3.99. The average Bonchev–Trinajstić information content (AvgIpc) is 2.85. The number of pyridine rings is 1.